The van der Waals surface area contributed by atoms with Gasteiger partial charge in [-0.2, -0.15) is 0 Å². The Bertz CT molecular complexity index is 1320. The summed E-state index contributed by atoms with van der Waals surface area (Å²) in [5.74, 6) is 0.694. The predicted molar refractivity (Wildman–Crippen MR) is 135 cm³/mol. The normalized spacial score (nSPS) is 19.4. The molecule has 8 nitrogen and oxygen atoms in total. The number of aromatic amines is 1. The van der Waals surface area contributed by atoms with E-state index in [-0.39, 0.29) is 29.5 Å². The van der Waals surface area contributed by atoms with Crippen LogP contribution in [0.3, 0.4) is 0 Å². The van der Waals surface area contributed by atoms with Gasteiger partial charge in [0.2, 0.25) is 5.91 Å². The average Bonchev–Trinajstić information content (AvgIpc) is 3.51. The summed E-state index contributed by atoms with van der Waals surface area (Å²) in [6.45, 7) is 4.11. The first kappa shape index (κ1) is 25.1. The maximum absolute atomic E-state index is 13.6. The van der Waals surface area contributed by atoms with Gasteiger partial charge in [-0.25, -0.2) is 18.7 Å². The van der Waals surface area contributed by atoms with Crippen molar-refractivity contribution in [2.75, 3.05) is 6.61 Å². The number of nitrogens with one attached hydrogen (secondary N) is 3. The summed E-state index contributed by atoms with van der Waals surface area (Å²) in [4.78, 5) is 37.0. The Morgan fingerprint density at radius 2 is 1.89 bits per heavy atom. The van der Waals surface area contributed by atoms with Gasteiger partial charge in [-0.1, -0.05) is 6.92 Å². The van der Waals surface area contributed by atoms with Crippen LogP contribution in [-0.2, 0) is 4.79 Å². The molecule has 2 unspecified atom stereocenters. The molecule has 0 aliphatic heterocycles. The van der Waals surface area contributed by atoms with Crippen LogP contribution < -0.4 is 15.4 Å². The lowest BCUT2D eigenvalue weighted by atomic mass is 10.0. The summed E-state index contributed by atoms with van der Waals surface area (Å²) in [7, 11) is 0. The molecule has 1 aromatic carbocycles. The lowest BCUT2D eigenvalue weighted by Crippen LogP contribution is -2.37. The fourth-order valence-electron chi connectivity index (χ4n) is 4.92. The molecular formula is C27H31F2N5O3. The van der Waals surface area contributed by atoms with Crippen molar-refractivity contribution in [3.63, 3.8) is 0 Å². The molecule has 37 heavy (non-hydrogen) atoms. The van der Waals surface area contributed by atoms with Crippen molar-refractivity contribution in [3.05, 3.63) is 41.3 Å². The van der Waals surface area contributed by atoms with Crippen LogP contribution in [0.25, 0.3) is 22.3 Å². The molecule has 2 heterocycles. The minimum absolute atomic E-state index is 0.00469. The zero-order valence-electron chi connectivity index (χ0n) is 20.9. The molecule has 3 N–H and O–H groups in total. The molecule has 2 aromatic heterocycles. The molecule has 2 aliphatic rings. The van der Waals surface area contributed by atoms with Gasteiger partial charge in [0.25, 0.3) is 12.3 Å². The summed E-state index contributed by atoms with van der Waals surface area (Å²) in [5, 5.41) is 6.07. The van der Waals surface area contributed by atoms with Crippen molar-refractivity contribution >= 4 is 22.8 Å². The lowest BCUT2D eigenvalue weighted by Gasteiger charge is -2.15. The van der Waals surface area contributed by atoms with E-state index in [0.717, 1.165) is 25.7 Å². The highest BCUT2D eigenvalue weighted by atomic mass is 19.3. The summed E-state index contributed by atoms with van der Waals surface area (Å²) in [6, 6.07) is 4.31. The Hall–Kier alpha value is -3.56. The van der Waals surface area contributed by atoms with Gasteiger partial charge in [0.15, 0.2) is 0 Å². The van der Waals surface area contributed by atoms with E-state index in [9.17, 15) is 18.4 Å². The van der Waals surface area contributed by atoms with Gasteiger partial charge in [-0.3, -0.25) is 9.59 Å². The lowest BCUT2D eigenvalue weighted by molar-refractivity contribution is -0.121. The first-order valence-electron chi connectivity index (χ1n) is 12.8. The molecular weight excluding hydrogens is 480 g/mol. The number of alkyl halides is 2. The summed E-state index contributed by atoms with van der Waals surface area (Å²) < 4.78 is 33.1. The number of hydrogen-bond donors (Lipinski definition) is 3. The molecule has 2 amide bonds. The highest BCUT2D eigenvalue weighted by molar-refractivity contribution is 6.09. The van der Waals surface area contributed by atoms with Gasteiger partial charge >= 0.3 is 0 Å². The van der Waals surface area contributed by atoms with E-state index in [2.05, 4.69) is 25.6 Å². The summed E-state index contributed by atoms with van der Waals surface area (Å²) in [6.07, 6.45) is 3.57. The Morgan fingerprint density at radius 3 is 2.59 bits per heavy atom. The molecule has 2 fully saturated rings. The molecule has 2 aliphatic carbocycles. The molecule has 0 bridgehead atoms. The molecule has 10 heteroatoms. The van der Waals surface area contributed by atoms with Gasteiger partial charge in [-0.05, 0) is 63.1 Å². The maximum atomic E-state index is 13.6. The van der Waals surface area contributed by atoms with E-state index in [4.69, 9.17) is 4.74 Å². The number of H-pyrrole nitrogens is 1. The fraction of sp³-hybridized carbons (Fsp3) is 0.481. The Balaban J connectivity index is 1.44. The number of carbonyl (C=O) groups is 2. The van der Waals surface area contributed by atoms with Crippen LogP contribution in [0.5, 0.6) is 5.75 Å². The van der Waals surface area contributed by atoms with Crippen molar-refractivity contribution in [2.24, 2.45) is 5.92 Å². The van der Waals surface area contributed by atoms with Crippen LogP contribution >= 0.6 is 0 Å². The molecule has 2 atom stereocenters. The number of ether oxygens (including phenoxy) is 1. The average molecular weight is 512 g/mol. The zero-order chi connectivity index (χ0) is 26.1. The number of carbonyl (C=O) groups excluding carboxylic acids is 2. The standard InChI is InChI=1S/C27H31F2N5O3/c1-3-21(35)33-17-7-8-18(11-17)34-27(36)22-14(2)32-25-23(30-13-31-24(22)25)19-10-16(26(28)29)6-9-20(19)37-12-15-4-5-15/h6,9-10,13,15,17-18,26,32H,3-5,7-8,11-12H2,1-2H3,(H,33,35)(H,34,36). The van der Waals surface area contributed by atoms with Gasteiger partial charge in [-0.15, -0.1) is 0 Å². The van der Waals surface area contributed by atoms with E-state index in [1.807, 2.05) is 6.92 Å². The molecule has 196 valence electrons. The van der Waals surface area contributed by atoms with E-state index in [0.29, 0.717) is 64.7 Å². The number of amides is 2. The molecule has 2 saturated carbocycles. The molecule has 0 saturated heterocycles. The topological polar surface area (TPSA) is 109 Å². The second kappa shape index (κ2) is 10.4. The van der Waals surface area contributed by atoms with Crippen LogP contribution in [0.2, 0.25) is 0 Å². The highest BCUT2D eigenvalue weighted by Gasteiger charge is 2.29. The number of aryl methyl sites for hydroxylation is 1. The highest BCUT2D eigenvalue weighted by Crippen LogP contribution is 2.38. The number of nitrogens with zero attached hydrogens (tertiary/aromatic N) is 2. The molecule has 0 radical (unpaired) electrons. The largest absolute Gasteiger partial charge is 0.493 e. The minimum atomic E-state index is -2.64. The third-order valence-electron chi connectivity index (χ3n) is 7.13. The van der Waals surface area contributed by atoms with E-state index in [1.54, 1.807) is 13.0 Å². The Kier molecular flexibility index (Phi) is 7.08. The molecule has 3 aromatic rings. The predicted octanol–water partition coefficient (Wildman–Crippen LogP) is 4.84. The van der Waals surface area contributed by atoms with Crippen molar-refractivity contribution in [2.45, 2.75) is 70.9 Å². The van der Waals surface area contributed by atoms with Crippen LogP contribution in [0.1, 0.15) is 73.5 Å². The number of rotatable bonds is 9. The number of halogens is 2. The zero-order valence-corrected chi connectivity index (χ0v) is 20.9. The van der Waals surface area contributed by atoms with Crippen molar-refractivity contribution in [1.29, 1.82) is 0 Å². The molecule has 5 rings (SSSR count). The first-order chi connectivity index (χ1) is 17.8. The summed E-state index contributed by atoms with van der Waals surface area (Å²) >= 11 is 0. The third kappa shape index (κ3) is 5.42. The van der Waals surface area contributed by atoms with Crippen LogP contribution in [0.4, 0.5) is 8.78 Å². The first-order valence-corrected chi connectivity index (χ1v) is 12.8. The van der Waals surface area contributed by atoms with Crippen molar-refractivity contribution < 1.29 is 23.1 Å². The smallest absolute Gasteiger partial charge is 0.263 e. The monoisotopic (exact) mass is 511 g/mol. The van der Waals surface area contributed by atoms with Crippen LogP contribution in [0.15, 0.2) is 24.5 Å². The second-order valence-electron chi connectivity index (χ2n) is 9.98. The van der Waals surface area contributed by atoms with Crippen LogP contribution in [-0.4, -0.2) is 45.5 Å². The van der Waals surface area contributed by atoms with E-state index < -0.39 is 6.43 Å². The number of hydrogen-bond acceptors (Lipinski definition) is 5. The maximum Gasteiger partial charge on any atom is 0.263 e. The van der Waals surface area contributed by atoms with Crippen LogP contribution in [0, 0.1) is 12.8 Å². The Labute approximate surface area is 213 Å². The van der Waals surface area contributed by atoms with Gasteiger partial charge in [0.1, 0.15) is 23.3 Å². The minimum Gasteiger partial charge on any atom is -0.493 e. The SMILES string of the molecule is CCC(=O)NC1CCC(NC(=O)c2c(C)[nH]c3c(-c4cc(C(F)F)ccc4OCC4CC4)ncnc23)C1. The van der Waals surface area contributed by atoms with Gasteiger partial charge < -0.3 is 20.4 Å². The fourth-order valence-corrected chi connectivity index (χ4v) is 4.92. The van der Waals surface area contributed by atoms with Crippen molar-refractivity contribution in [1.82, 2.24) is 25.6 Å². The third-order valence-corrected chi connectivity index (χ3v) is 7.13. The Morgan fingerprint density at radius 1 is 1.14 bits per heavy atom. The quantitative estimate of drug-likeness (QED) is 0.381. The van der Waals surface area contributed by atoms with E-state index >= 15 is 0 Å². The molecule has 0 spiro atoms. The van der Waals surface area contributed by atoms with E-state index in [1.165, 1.54) is 18.5 Å². The van der Waals surface area contributed by atoms with Crippen molar-refractivity contribution in [3.8, 4) is 17.0 Å². The number of aromatic nitrogens is 3. The number of benzene rings is 1. The van der Waals surface area contributed by atoms with Gasteiger partial charge in [0.05, 0.1) is 17.7 Å². The summed E-state index contributed by atoms with van der Waals surface area (Å²) in [5.41, 5.74) is 2.62. The second-order valence-corrected chi connectivity index (χ2v) is 9.98. The number of fused-ring (bicyclic) bond motifs is 1. The van der Waals surface area contributed by atoms with Gasteiger partial charge in [0, 0.05) is 35.3 Å².